The van der Waals surface area contributed by atoms with Gasteiger partial charge < -0.3 is 20.4 Å². The van der Waals surface area contributed by atoms with Gasteiger partial charge >= 0.3 is 23.9 Å². The summed E-state index contributed by atoms with van der Waals surface area (Å²) in [5.74, 6) is -4.91. The zero-order chi connectivity index (χ0) is 18.4. The van der Waals surface area contributed by atoms with Crippen molar-refractivity contribution in [2.75, 3.05) is 44.6 Å². The van der Waals surface area contributed by atoms with Crippen molar-refractivity contribution in [3.8, 4) is 0 Å². The fourth-order valence-corrected chi connectivity index (χ4v) is 1.48. The Hall–Kier alpha value is -1.62. The minimum atomic E-state index is -1.23. The molecule has 0 aromatic rings. The van der Waals surface area contributed by atoms with Crippen LogP contribution in [0.1, 0.15) is 0 Å². The molecule has 0 aromatic heterocycles. The molecule has 0 fully saturated rings. The average molecular weight is 377 g/mol. The van der Waals surface area contributed by atoms with Crippen molar-refractivity contribution in [2.45, 2.75) is 0 Å². The van der Waals surface area contributed by atoms with Crippen LogP contribution in [0.3, 0.4) is 0 Å². The van der Waals surface area contributed by atoms with Gasteiger partial charge in [-0.15, -0.1) is 23.2 Å². The first-order chi connectivity index (χ1) is 10.6. The lowest BCUT2D eigenvalue weighted by Crippen LogP contribution is -2.43. The van der Waals surface area contributed by atoms with Gasteiger partial charge in [0.25, 0.3) is 0 Å². The van der Waals surface area contributed by atoms with Crippen LogP contribution in [0.4, 0.5) is 0 Å². The Morgan fingerprint density at radius 1 is 0.609 bits per heavy atom. The molecule has 0 saturated carbocycles. The van der Waals surface area contributed by atoms with Gasteiger partial charge in [0.05, 0.1) is 31.5 Å². The number of hydrogen-bond donors (Lipinski definition) is 4. The second-order valence-corrected chi connectivity index (χ2v) is 4.91. The molecule has 0 saturated heterocycles. The Morgan fingerprint density at radius 3 is 0.913 bits per heavy atom. The lowest BCUT2D eigenvalue weighted by atomic mass is 10.4. The number of carbonyl (C=O) groups is 4. The van der Waals surface area contributed by atoms with E-state index in [1.165, 1.54) is 0 Å². The highest BCUT2D eigenvalue weighted by molar-refractivity contribution is 6.40. The molecular weight excluding hydrogens is 359 g/mol. The predicted molar refractivity (Wildman–Crippen MR) is 80.0 cm³/mol. The lowest BCUT2D eigenvalue weighted by molar-refractivity contribution is -0.145. The Balaban J connectivity index is 0. The standard InChI is InChI=1S/C10H16N2O8.CH2Cl2/c13-7(14)3-11(4-8(15)16)1-2-12(5-9(17)18)6-10(19)20;2-1-3/h1-6H2,(H,13,14)(H,15,16)(H,17,18)(H,19,20);1H2. The highest BCUT2D eigenvalue weighted by atomic mass is 35.5. The number of hydrogen-bond acceptors (Lipinski definition) is 6. The average Bonchev–Trinajstić information content (AvgIpc) is 2.33. The second-order valence-electron chi connectivity index (χ2n) is 4.10. The summed E-state index contributed by atoms with van der Waals surface area (Å²) < 4.78 is 0. The number of aliphatic carboxylic acids is 4. The summed E-state index contributed by atoms with van der Waals surface area (Å²) in [6.45, 7) is -2.25. The minimum absolute atomic E-state index is 0.0703. The number of carboxylic acids is 4. The number of carboxylic acid groups (broad SMARTS) is 4. The van der Waals surface area contributed by atoms with Crippen LogP contribution in [0.2, 0.25) is 0 Å². The third kappa shape index (κ3) is 18.3. The van der Waals surface area contributed by atoms with Gasteiger partial charge in [0.15, 0.2) is 0 Å². The molecule has 0 rings (SSSR count). The molecule has 0 unspecified atom stereocenters. The Morgan fingerprint density at radius 2 is 0.783 bits per heavy atom. The summed E-state index contributed by atoms with van der Waals surface area (Å²) in [7, 11) is 0. The van der Waals surface area contributed by atoms with Crippen LogP contribution in [0.5, 0.6) is 0 Å². The molecule has 12 heteroatoms. The molecule has 10 nitrogen and oxygen atoms in total. The maximum atomic E-state index is 10.6. The van der Waals surface area contributed by atoms with Gasteiger partial charge in [-0.3, -0.25) is 29.0 Å². The largest absolute Gasteiger partial charge is 0.480 e. The fraction of sp³-hybridized carbons (Fsp3) is 0.636. The number of halogens is 2. The van der Waals surface area contributed by atoms with Crippen molar-refractivity contribution < 1.29 is 39.6 Å². The van der Waals surface area contributed by atoms with Gasteiger partial charge in [-0.2, -0.15) is 0 Å². The molecule has 0 aromatic carbocycles. The summed E-state index contributed by atoms with van der Waals surface area (Å²) >= 11 is 9.53. The van der Waals surface area contributed by atoms with E-state index in [9.17, 15) is 19.2 Å². The maximum absolute atomic E-state index is 10.6. The summed E-state index contributed by atoms with van der Waals surface area (Å²) in [6.07, 6.45) is 0. The van der Waals surface area contributed by atoms with E-state index in [-0.39, 0.29) is 18.4 Å². The summed E-state index contributed by atoms with van der Waals surface area (Å²) in [6, 6.07) is 0. The number of rotatable bonds is 11. The molecular formula is C11H18Cl2N2O8. The van der Waals surface area contributed by atoms with Gasteiger partial charge in [0, 0.05) is 13.1 Å². The van der Waals surface area contributed by atoms with Gasteiger partial charge in [-0.25, -0.2) is 0 Å². The van der Waals surface area contributed by atoms with Crippen molar-refractivity contribution in [1.82, 2.24) is 9.80 Å². The molecule has 0 aliphatic carbocycles. The van der Waals surface area contributed by atoms with Crippen molar-refractivity contribution >= 4 is 47.1 Å². The number of alkyl halides is 2. The normalized spacial score (nSPS) is 10.1. The monoisotopic (exact) mass is 376 g/mol. The third-order valence-electron chi connectivity index (χ3n) is 2.17. The molecule has 134 valence electrons. The van der Waals surface area contributed by atoms with Crippen molar-refractivity contribution in [1.29, 1.82) is 0 Å². The summed E-state index contributed by atoms with van der Waals surface area (Å²) in [5.41, 5.74) is 0. The van der Waals surface area contributed by atoms with Crippen LogP contribution in [0.15, 0.2) is 0 Å². The summed E-state index contributed by atoms with van der Waals surface area (Å²) in [5, 5.41) is 34.7. The fourth-order valence-electron chi connectivity index (χ4n) is 1.48. The predicted octanol–water partition coefficient (Wildman–Crippen LogP) is -0.650. The van der Waals surface area contributed by atoms with Crippen LogP contribution in [0.25, 0.3) is 0 Å². The Labute approximate surface area is 141 Å². The first kappa shape index (κ1) is 23.6. The molecule has 0 aliphatic heterocycles. The molecule has 4 N–H and O–H groups in total. The zero-order valence-electron chi connectivity index (χ0n) is 12.0. The smallest absolute Gasteiger partial charge is 0.317 e. The number of nitrogens with zero attached hydrogens (tertiary/aromatic N) is 2. The van der Waals surface area contributed by atoms with Gasteiger partial charge in [-0.1, -0.05) is 0 Å². The van der Waals surface area contributed by atoms with E-state index in [4.69, 9.17) is 43.6 Å². The van der Waals surface area contributed by atoms with Crippen molar-refractivity contribution in [2.24, 2.45) is 0 Å². The van der Waals surface area contributed by atoms with E-state index in [2.05, 4.69) is 0 Å². The second kappa shape index (κ2) is 14.0. The maximum Gasteiger partial charge on any atom is 0.317 e. The minimum Gasteiger partial charge on any atom is -0.480 e. The molecule has 0 amide bonds. The quantitative estimate of drug-likeness (QED) is 0.341. The van der Waals surface area contributed by atoms with Crippen LogP contribution < -0.4 is 0 Å². The van der Waals surface area contributed by atoms with Crippen LogP contribution in [-0.2, 0) is 19.2 Å². The van der Waals surface area contributed by atoms with E-state index < -0.39 is 50.1 Å². The van der Waals surface area contributed by atoms with E-state index in [1.54, 1.807) is 0 Å². The van der Waals surface area contributed by atoms with Crippen LogP contribution >= 0.6 is 23.2 Å². The first-order valence-corrected chi connectivity index (χ1v) is 7.13. The van der Waals surface area contributed by atoms with Gasteiger partial charge in [0.1, 0.15) is 0 Å². The van der Waals surface area contributed by atoms with Crippen LogP contribution in [0, 0.1) is 0 Å². The van der Waals surface area contributed by atoms with Crippen molar-refractivity contribution in [3.63, 3.8) is 0 Å². The van der Waals surface area contributed by atoms with Gasteiger partial charge in [0.2, 0.25) is 0 Å². The SMILES string of the molecule is ClCCl.O=C(O)CN(CCN(CC(=O)O)CC(=O)O)CC(=O)O. The molecule has 23 heavy (non-hydrogen) atoms. The Kier molecular flexibility index (Phi) is 14.4. The Bertz CT molecular complexity index is 339. The third-order valence-corrected chi connectivity index (χ3v) is 2.17. The first-order valence-electron chi connectivity index (χ1n) is 6.06. The molecule has 0 radical (unpaired) electrons. The molecule has 0 atom stereocenters. The van der Waals surface area contributed by atoms with E-state index in [0.29, 0.717) is 0 Å². The molecule has 0 bridgehead atoms. The van der Waals surface area contributed by atoms with E-state index in [0.717, 1.165) is 9.80 Å². The molecule has 0 aliphatic rings. The van der Waals surface area contributed by atoms with Crippen molar-refractivity contribution in [3.05, 3.63) is 0 Å². The van der Waals surface area contributed by atoms with E-state index >= 15 is 0 Å². The van der Waals surface area contributed by atoms with Crippen LogP contribution in [-0.4, -0.2) is 98.7 Å². The topological polar surface area (TPSA) is 156 Å². The molecule has 0 spiro atoms. The highest BCUT2D eigenvalue weighted by Crippen LogP contribution is 1.94. The summed E-state index contributed by atoms with van der Waals surface area (Å²) in [4.78, 5) is 44.4. The lowest BCUT2D eigenvalue weighted by Gasteiger charge is -2.23. The zero-order valence-corrected chi connectivity index (χ0v) is 13.5. The molecule has 0 heterocycles. The van der Waals surface area contributed by atoms with E-state index in [1.807, 2.05) is 0 Å². The highest BCUT2D eigenvalue weighted by Gasteiger charge is 2.17. The van der Waals surface area contributed by atoms with Gasteiger partial charge in [-0.05, 0) is 0 Å².